The van der Waals surface area contributed by atoms with E-state index in [1.165, 1.54) is 11.9 Å². The third kappa shape index (κ3) is 2.59. The molecule has 1 aliphatic heterocycles. The second-order valence-electron chi connectivity index (χ2n) is 4.48. The fraction of sp³-hybridized carbons (Fsp3) is 0.385. The van der Waals surface area contributed by atoms with E-state index < -0.39 is 0 Å². The monoisotopic (exact) mass is 310 g/mol. The molecular formula is C13H15ClN4OS. The van der Waals surface area contributed by atoms with Crippen LogP contribution in [0.4, 0.5) is 11.5 Å². The van der Waals surface area contributed by atoms with Crippen LogP contribution in [0.15, 0.2) is 23.2 Å². The van der Waals surface area contributed by atoms with Gasteiger partial charge in [-0.05, 0) is 22.4 Å². The predicted molar refractivity (Wildman–Crippen MR) is 81.8 cm³/mol. The number of halogens is 1. The number of nitrogens with one attached hydrogen (secondary N) is 1. The summed E-state index contributed by atoms with van der Waals surface area (Å²) in [5, 5.41) is 7.71. The van der Waals surface area contributed by atoms with Gasteiger partial charge >= 0.3 is 0 Å². The molecule has 1 atom stereocenters. The van der Waals surface area contributed by atoms with Gasteiger partial charge in [0.2, 0.25) is 0 Å². The van der Waals surface area contributed by atoms with Crippen LogP contribution in [0.1, 0.15) is 11.7 Å². The Morgan fingerprint density at radius 3 is 3.15 bits per heavy atom. The zero-order valence-electron chi connectivity index (χ0n) is 11.0. The summed E-state index contributed by atoms with van der Waals surface area (Å²) in [6.07, 6.45) is 1.57. The molecular weight excluding hydrogens is 296 g/mol. The summed E-state index contributed by atoms with van der Waals surface area (Å²) in [5.74, 6) is 0.830. The molecule has 0 saturated carbocycles. The third-order valence-corrected chi connectivity index (χ3v) is 4.30. The number of hydrogen-bond donors (Lipinski definition) is 1. The van der Waals surface area contributed by atoms with Crippen molar-refractivity contribution >= 4 is 34.4 Å². The molecule has 1 saturated heterocycles. The molecule has 3 rings (SSSR count). The van der Waals surface area contributed by atoms with E-state index in [1.54, 1.807) is 11.3 Å². The molecule has 0 aromatic carbocycles. The molecule has 0 aliphatic carbocycles. The molecule has 20 heavy (non-hydrogen) atoms. The van der Waals surface area contributed by atoms with Crippen LogP contribution in [0.2, 0.25) is 5.15 Å². The molecule has 0 amide bonds. The SMILES string of the molecule is CNc1c(Cl)ncnc1N1CCOC(c2ccsc2)C1. The topological polar surface area (TPSA) is 50.3 Å². The van der Waals surface area contributed by atoms with E-state index in [1.807, 2.05) is 7.05 Å². The summed E-state index contributed by atoms with van der Waals surface area (Å²) >= 11 is 7.80. The van der Waals surface area contributed by atoms with Crippen molar-refractivity contribution in [3.8, 4) is 0 Å². The molecule has 5 nitrogen and oxygen atoms in total. The Bertz CT molecular complexity index is 578. The highest BCUT2D eigenvalue weighted by atomic mass is 35.5. The minimum absolute atomic E-state index is 0.0773. The molecule has 2 aromatic rings. The lowest BCUT2D eigenvalue weighted by molar-refractivity contribution is 0.0398. The molecule has 0 radical (unpaired) electrons. The number of thiophene rings is 1. The molecule has 2 aromatic heterocycles. The van der Waals surface area contributed by atoms with Crippen molar-refractivity contribution in [2.45, 2.75) is 6.10 Å². The number of aromatic nitrogens is 2. The van der Waals surface area contributed by atoms with Gasteiger partial charge in [-0.2, -0.15) is 11.3 Å². The smallest absolute Gasteiger partial charge is 0.157 e. The van der Waals surface area contributed by atoms with Gasteiger partial charge in [-0.1, -0.05) is 11.6 Å². The van der Waals surface area contributed by atoms with Gasteiger partial charge in [-0.15, -0.1) is 0 Å². The van der Waals surface area contributed by atoms with Crippen molar-refractivity contribution in [1.82, 2.24) is 9.97 Å². The number of morpholine rings is 1. The van der Waals surface area contributed by atoms with Crippen molar-refractivity contribution in [2.24, 2.45) is 0 Å². The standard InChI is InChI=1S/C13H15ClN4OS/c1-15-11-12(14)16-8-17-13(11)18-3-4-19-10(6-18)9-2-5-20-7-9/h2,5,7-8,10,15H,3-4,6H2,1H3. The fourth-order valence-corrected chi connectivity index (χ4v) is 3.24. The minimum Gasteiger partial charge on any atom is -0.383 e. The maximum atomic E-state index is 6.11. The van der Waals surface area contributed by atoms with Gasteiger partial charge in [0.1, 0.15) is 18.1 Å². The first-order chi connectivity index (χ1) is 9.79. The van der Waals surface area contributed by atoms with E-state index in [-0.39, 0.29) is 6.10 Å². The summed E-state index contributed by atoms with van der Waals surface area (Å²) in [5.41, 5.74) is 1.98. The summed E-state index contributed by atoms with van der Waals surface area (Å²) in [6.45, 7) is 2.23. The predicted octanol–water partition coefficient (Wildman–Crippen LogP) is 2.81. The van der Waals surface area contributed by atoms with E-state index >= 15 is 0 Å². The van der Waals surface area contributed by atoms with Crippen LogP contribution in [0.3, 0.4) is 0 Å². The van der Waals surface area contributed by atoms with Crippen LogP contribution in [-0.2, 0) is 4.74 Å². The van der Waals surface area contributed by atoms with Crippen molar-refractivity contribution in [2.75, 3.05) is 37.0 Å². The number of nitrogens with zero attached hydrogens (tertiary/aromatic N) is 3. The lowest BCUT2D eigenvalue weighted by Crippen LogP contribution is -2.39. The van der Waals surface area contributed by atoms with Crippen molar-refractivity contribution < 1.29 is 4.74 Å². The number of hydrogen-bond acceptors (Lipinski definition) is 6. The molecule has 1 fully saturated rings. The molecule has 1 aliphatic rings. The molecule has 7 heteroatoms. The first-order valence-corrected chi connectivity index (χ1v) is 7.68. The third-order valence-electron chi connectivity index (χ3n) is 3.31. The lowest BCUT2D eigenvalue weighted by atomic mass is 10.1. The number of anilines is 2. The van der Waals surface area contributed by atoms with E-state index in [4.69, 9.17) is 16.3 Å². The highest BCUT2D eigenvalue weighted by molar-refractivity contribution is 7.07. The summed E-state index contributed by atoms with van der Waals surface area (Å²) in [6, 6.07) is 2.10. The van der Waals surface area contributed by atoms with Crippen LogP contribution in [-0.4, -0.2) is 36.7 Å². The highest BCUT2D eigenvalue weighted by Crippen LogP contribution is 2.32. The van der Waals surface area contributed by atoms with E-state index in [2.05, 4.69) is 37.0 Å². The molecule has 0 spiro atoms. The van der Waals surface area contributed by atoms with Gasteiger partial charge in [0, 0.05) is 20.1 Å². The first kappa shape index (κ1) is 13.6. The Labute approximate surface area is 126 Å². The number of rotatable bonds is 3. The Morgan fingerprint density at radius 2 is 2.40 bits per heavy atom. The Balaban J connectivity index is 1.85. The highest BCUT2D eigenvalue weighted by Gasteiger charge is 2.25. The molecule has 0 bridgehead atoms. The van der Waals surface area contributed by atoms with Crippen LogP contribution in [0.25, 0.3) is 0 Å². The average molecular weight is 311 g/mol. The summed E-state index contributed by atoms with van der Waals surface area (Å²) in [4.78, 5) is 10.6. The van der Waals surface area contributed by atoms with Crippen LogP contribution >= 0.6 is 22.9 Å². The maximum absolute atomic E-state index is 6.11. The maximum Gasteiger partial charge on any atom is 0.157 e. The van der Waals surface area contributed by atoms with Crippen LogP contribution in [0, 0.1) is 0 Å². The largest absolute Gasteiger partial charge is 0.383 e. The minimum atomic E-state index is 0.0773. The molecule has 1 unspecified atom stereocenters. The van der Waals surface area contributed by atoms with Crippen molar-refractivity contribution in [3.63, 3.8) is 0 Å². The van der Waals surface area contributed by atoms with Gasteiger partial charge < -0.3 is 15.0 Å². The quantitative estimate of drug-likeness (QED) is 0.884. The zero-order chi connectivity index (χ0) is 13.9. The van der Waals surface area contributed by atoms with Gasteiger partial charge in [-0.3, -0.25) is 0 Å². The van der Waals surface area contributed by atoms with Gasteiger partial charge in [0.15, 0.2) is 11.0 Å². The van der Waals surface area contributed by atoms with E-state index in [0.717, 1.165) is 24.6 Å². The first-order valence-electron chi connectivity index (χ1n) is 6.36. The molecule has 106 valence electrons. The van der Waals surface area contributed by atoms with Gasteiger partial charge in [-0.25, -0.2) is 9.97 Å². The Kier molecular flexibility index (Phi) is 4.05. The Hall–Kier alpha value is -1.37. The fourth-order valence-electron chi connectivity index (χ4n) is 2.31. The average Bonchev–Trinajstić information content (AvgIpc) is 3.01. The normalized spacial score (nSPS) is 19.1. The van der Waals surface area contributed by atoms with Crippen molar-refractivity contribution in [3.05, 3.63) is 33.9 Å². The lowest BCUT2D eigenvalue weighted by Gasteiger charge is -2.34. The van der Waals surface area contributed by atoms with Gasteiger partial charge in [0.25, 0.3) is 0 Å². The van der Waals surface area contributed by atoms with Crippen molar-refractivity contribution in [1.29, 1.82) is 0 Å². The van der Waals surface area contributed by atoms with E-state index in [0.29, 0.717) is 11.8 Å². The zero-order valence-corrected chi connectivity index (χ0v) is 12.6. The number of ether oxygens (including phenoxy) is 1. The second-order valence-corrected chi connectivity index (χ2v) is 5.61. The summed E-state index contributed by atoms with van der Waals surface area (Å²) in [7, 11) is 1.82. The van der Waals surface area contributed by atoms with Crippen LogP contribution in [0.5, 0.6) is 0 Å². The summed E-state index contributed by atoms with van der Waals surface area (Å²) < 4.78 is 5.85. The van der Waals surface area contributed by atoms with Crippen LogP contribution < -0.4 is 10.2 Å². The Morgan fingerprint density at radius 1 is 1.50 bits per heavy atom. The molecule has 1 N–H and O–H groups in total. The molecule has 3 heterocycles. The van der Waals surface area contributed by atoms with E-state index in [9.17, 15) is 0 Å². The second kappa shape index (κ2) is 5.95. The van der Waals surface area contributed by atoms with Gasteiger partial charge in [0.05, 0.1) is 6.61 Å².